The van der Waals surface area contributed by atoms with E-state index in [1.807, 2.05) is 0 Å². The molecule has 0 aliphatic carbocycles. The highest BCUT2D eigenvalue weighted by Crippen LogP contribution is 2.15. The summed E-state index contributed by atoms with van der Waals surface area (Å²) in [5, 5.41) is 15.6. The highest BCUT2D eigenvalue weighted by atomic mass is 32.1. The van der Waals surface area contributed by atoms with Gasteiger partial charge in [0.15, 0.2) is 5.13 Å². The maximum absolute atomic E-state index is 11.9. The van der Waals surface area contributed by atoms with Gasteiger partial charge in [-0.05, 0) is 34.7 Å². The number of nitrogens with two attached hydrogens (primary N) is 1. The van der Waals surface area contributed by atoms with Crippen molar-refractivity contribution in [2.24, 2.45) is 0 Å². The molecule has 2 heterocycles. The Morgan fingerprint density at radius 1 is 1.30 bits per heavy atom. The average Bonchev–Trinajstić information content (AvgIpc) is 3.10. The molecule has 0 spiro atoms. The fourth-order valence-electron chi connectivity index (χ4n) is 1.56. The number of amides is 1. The van der Waals surface area contributed by atoms with Gasteiger partial charge in [0.25, 0.3) is 5.91 Å². The summed E-state index contributed by atoms with van der Waals surface area (Å²) in [6, 6.07) is 7.10. The lowest BCUT2D eigenvalue weighted by Gasteiger charge is -2.04. The molecule has 3 rings (SSSR count). The van der Waals surface area contributed by atoms with Crippen LogP contribution in [0.5, 0.6) is 0 Å². The Labute approximate surface area is 117 Å². The molecule has 9 heteroatoms. The van der Waals surface area contributed by atoms with Crippen molar-refractivity contribution in [1.29, 1.82) is 0 Å². The van der Waals surface area contributed by atoms with E-state index in [0.717, 1.165) is 5.69 Å². The highest BCUT2D eigenvalue weighted by Gasteiger charge is 2.09. The smallest absolute Gasteiger partial charge is 0.275 e. The molecule has 0 aliphatic rings. The number of tetrazole rings is 1. The highest BCUT2D eigenvalue weighted by molar-refractivity contribution is 7.13. The molecule has 0 aliphatic heterocycles. The van der Waals surface area contributed by atoms with Crippen LogP contribution < -0.4 is 11.1 Å². The van der Waals surface area contributed by atoms with E-state index in [-0.39, 0.29) is 5.91 Å². The van der Waals surface area contributed by atoms with Crippen molar-refractivity contribution >= 4 is 28.1 Å². The summed E-state index contributed by atoms with van der Waals surface area (Å²) in [7, 11) is 0. The van der Waals surface area contributed by atoms with Crippen LogP contribution in [0.25, 0.3) is 5.69 Å². The van der Waals surface area contributed by atoms with Gasteiger partial charge in [0, 0.05) is 11.1 Å². The molecule has 0 bridgehead atoms. The Hall–Kier alpha value is -2.81. The molecular formula is C11H9N7OS. The van der Waals surface area contributed by atoms with E-state index in [9.17, 15) is 4.79 Å². The molecule has 0 fully saturated rings. The van der Waals surface area contributed by atoms with Gasteiger partial charge in [-0.15, -0.1) is 16.4 Å². The molecule has 1 amide bonds. The third kappa shape index (κ3) is 2.47. The number of carbonyl (C=O) groups is 1. The van der Waals surface area contributed by atoms with E-state index < -0.39 is 0 Å². The average molecular weight is 287 g/mol. The molecule has 8 nitrogen and oxygen atoms in total. The molecule has 1 aromatic carbocycles. The van der Waals surface area contributed by atoms with Gasteiger partial charge in [-0.1, -0.05) is 0 Å². The maximum Gasteiger partial charge on any atom is 0.275 e. The van der Waals surface area contributed by atoms with Crippen LogP contribution >= 0.6 is 11.3 Å². The Bertz CT molecular complexity index is 720. The van der Waals surface area contributed by atoms with E-state index >= 15 is 0 Å². The molecule has 3 aromatic rings. The standard InChI is InChI=1S/C11H9N7OS/c12-11-15-9(5-20-11)10(19)14-7-1-3-8(4-2-7)18-6-13-16-17-18/h1-6H,(H2,12,15)(H,14,19). The zero-order valence-electron chi connectivity index (χ0n) is 10.1. The predicted octanol–water partition coefficient (Wildman–Crippen LogP) is 0.953. The van der Waals surface area contributed by atoms with E-state index in [0.29, 0.717) is 16.5 Å². The SMILES string of the molecule is Nc1nc(C(=O)Nc2ccc(-n3cnnn3)cc2)cs1. The van der Waals surface area contributed by atoms with Gasteiger partial charge in [-0.2, -0.15) is 0 Å². The number of anilines is 2. The third-order valence-electron chi connectivity index (χ3n) is 2.49. The number of nitrogen functional groups attached to an aromatic ring is 1. The Morgan fingerprint density at radius 3 is 2.70 bits per heavy atom. The minimum absolute atomic E-state index is 0.298. The van der Waals surface area contributed by atoms with Crippen LogP contribution in [-0.2, 0) is 0 Å². The van der Waals surface area contributed by atoms with Crippen LogP contribution in [0, 0.1) is 0 Å². The van der Waals surface area contributed by atoms with Crippen LogP contribution in [0.2, 0.25) is 0 Å². The summed E-state index contributed by atoms with van der Waals surface area (Å²) in [5.41, 5.74) is 7.24. The summed E-state index contributed by atoms with van der Waals surface area (Å²) in [4.78, 5) is 15.8. The van der Waals surface area contributed by atoms with E-state index in [2.05, 4.69) is 25.8 Å². The second-order valence-electron chi connectivity index (χ2n) is 3.83. The van der Waals surface area contributed by atoms with Crippen molar-refractivity contribution in [3.63, 3.8) is 0 Å². The van der Waals surface area contributed by atoms with Crippen molar-refractivity contribution < 1.29 is 4.79 Å². The van der Waals surface area contributed by atoms with Gasteiger partial charge in [-0.3, -0.25) is 4.79 Å². The van der Waals surface area contributed by atoms with Gasteiger partial charge in [-0.25, -0.2) is 9.67 Å². The third-order valence-corrected chi connectivity index (χ3v) is 3.17. The first-order valence-corrected chi connectivity index (χ1v) is 6.46. The summed E-state index contributed by atoms with van der Waals surface area (Å²) in [5.74, 6) is -0.298. The lowest BCUT2D eigenvalue weighted by molar-refractivity contribution is 0.102. The second kappa shape index (κ2) is 5.05. The number of aromatic nitrogens is 5. The summed E-state index contributed by atoms with van der Waals surface area (Å²) >= 11 is 1.22. The Balaban J connectivity index is 1.74. The maximum atomic E-state index is 11.9. The van der Waals surface area contributed by atoms with E-state index in [4.69, 9.17) is 5.73 Å². The molecule has 0 radical (unpaired) electrons. The van der Waals surface area contributed by atoms with Gasteiger partial charge < -0.3 is 11.1 Å². The number of thiazole rings is 1. The Kier molecular flexibility index (Phi) is 3.09. The molecule has 20 heavy (non-hydrogen) atoms. The van der Waals surface area contributed by atoms with Gasteiger partial charge >= 0.3 is 0 Å². The van der Waals surface area contributed by atoms with Crippen molar-refractivity contribution in [1.82, 2.24) is 25.2 Å². The van der Waals surface area contributed by atoms with Crippen LogP contribution in [0.4, 0.5) is 10.8 Å². The number of benzene rings is 1. The number of rotatable bonds is 3. The van der Waals surface area contributed by atoms with Crippen LogP contribution in [-0.4, -0.2) is 31.1 Å². The normalized spacial score (nSPS) is 10.4. The lowest BCUT2D eigenvalue weighted by atomic mass is 10.2. The topological polar surface area (TPSA) is 112 Å². The first-order chi connectivity index (χ1) is 9.72. The fourth-order valence-corrected chi connectivity index (χ4v) is 2.11. The lowest BCUT2D eigenvalue weighted by Crippen LogP contribution is -2.12. The minimum Gasteiger partial charge on any atom is -0.375 e. The van der Waals surface area contributed by atoms with Gasteiger partial charge in [0.05, 0.1) is 5.69 Å². The molecule has 0 unspecified atom stereocenters. The van der Waals surface area contributed by atoms with Crippen molar-refractivity contribution in [3.05, 3.63) is 41.7 Å². The quantitative estimate of drug-likeness (QED) is 0.742. The first kappa shape index (κ1) is 12.2. The van der Waals surface area contributed by atoms with Gasteiger partial charge in [0.1, 0.15) is 12.0 Å². The molecular weight excluding hydrogens is 278 g/mol. The minimum atomic E-state index is -0.298. The summed E-state index contributed by atoms with van der Waals surface area (Å²) in [6.07, 6.45) is 1.49. The Morgan fingerprint density at radius 2 is 2.10 bits per heavy atom. The predicted molar refractivity (Wildman–Crippen MR) is 73.6 cm³/mol. The molecule has 0 saturated heterocycles. The molecule has 2 aromatic heterocycles. The first-order valence-electron chi connectivity index (χ1n) is 5.58. The van der Waals surface area contributed by atoms with Crippen molar-refractivity contribution in [3.8, 4) is 5.69 Å². The number of nitrogens with zero attached hydrogens (tertiary/aromatic N) is 5. The van der Waals surface area contributed by atoms with Crippen LogP contribution in [0.15, 0.2) is 36.0 Å². The number of hydrogen-bond donors (Lipinski definition) is 2. The molecule has 0 atom stereocenters. The van der Waals surface area contributed by atoms with Gasteiger partial charge in [0.2, 0.25) is 0 Å². The van der Waals surface area contributed by atoms with Crippen LogP contribution in [0.1, 0.15) is 10.5 Å². The summed E-state index contributed by atoms with van der Waals surface area (Å²) in [6.45, 7) is 0. The van der Waals surface area contributed by atoms with E-state index in [1.54, 1.807) is 29.6 Å². The monoisotopic (exact) mass is 287 g/mol. The molecule has 0 saturated carbocycles. The van der Waals surface area contributed by atoms with E-state index in [1.165, 1.54) is 22.3 Å². The largest absolute Gasteiger partial charge is 0.375 e. The number of carbonyl (C=O) groups excluding carboxylic acids is 1. The van der Waals surface area contributed by atoms with Crippen LogP contribution in [0.3, 0.4) is 0 Å². The second-order valence-corrected chi connectivity index (χ2v) is 4.72. The molecule has 100 valence electrons. The number of nitrogens with one attached hydrogen (secondary N) is 1. The van der Waals surface area contributed by atoms with Crippen molar-refractivity contribution in [2.75, 3.05) is 11.1 Å². The van der Waals surface area contributed by atoms with Crippen molar-refractivity contribution in [2.45, 2.75) is 0 Å². The zero-order chi connectivity index (χ0) is 13.9. The summed E-state index contributed by atoms with van der Waals surface area (Å²) < 4.78 is 1.52. The molecule has 3 N–H and O–H groups in total. The fraction of sp³-hybridized carbons (Fsp3) is 0. The number of hydrogen-bond acceptors (Lipinski definition) is 7. The zero-order valence-corrected chi connectivity index (χ0v) is 10.9.